The molecule has 4 N–H and O–H groups in total. The van der Waals surface area contributed by atoms with Gasteiger partial charge in [-0.1, -0.05) is 13.8 Å². The van der Waals surface area contributed by atoms with Gasteiger partial charge in [-0.3, -0.25) is 0 Å². The summed E-state index contributed by atoms with van der Waals surface area (Å²) in [5.41, 5.74) is 11.4. The number of nitrogens with zero attached hydrogens (tertiary/aromatic N) is 2. The fourth-order valence-corrected chi connectivity index (χ4v) is 2.65. The van der Waals surface area contributed by atoms with Crippen LogP contribution in [0, 0.1) is 11.7 Å². The molecule has 0 saturated heterocycles. The lowest BCUT2D eigenvalue weighted by atomic mass is 9.93. The monoisotopic (exact) mass is 362 g/mol. The van der Waals surface area contributed by atoms with Crippen molar-refractivity contribution in [2.24, 2.45) is 17.4 Å². The highest BCUT2D eigenvalue weighted by molar-refractivity contribution is 5.67. The van der Waals surface area contributed by atoms with Crippen molar-refractivity contribution in [3.63, 3.8) is 0 Å². The van der Waals surface area contributed by atoms with Crippen molar-refractivity contribution in [3.05, 3.63) is 36.3 Å². The van der Waals surface area contributed by atoms with Gasteiger partial charge in [-0.15, -0.1) is 0 Å². The minimum atomic E-state index is -1.02. The van der Waals surface area contributed by atoms with Crippen LogP contribution < -0.4 is 20.9 Å². The topological polar surface area (TPSA) is 113 Å². The zero-order valence-electron chi connectivity index (χ0n) is 15.0. The molecule has 1 atom stereocenters. The predicted molar refractivity (Wildman–Crippen MR) is 95.2 cm³/mol. The number of hydrogen-bond acceptors (Lipinski definition) is 6. The van der Waals surface area contributed by atoms with E-state index >= 15 is 0 Å². The molecule has 140 valence electrons. The van der Waals surface area contributed by atoms with E-state index < -0.39 is 17.4 Å². The summed E-state index contributed by atoms with van der Waals surface area (Å²) in [6.07, 6.45) is 1.12. The molecule has 1 aromatic heterocycles. The summed E-state index contributed by atoms with van der Waals surface area (Å²) >= 11 is 0. The van der Waals surface area contributed by atoms with E-state index in [1.807, 2.05) is 6.92 Å². The first-order valence-corrected chi connectivity index (χ1v) is 8.18. The maximum atomic E-state index is 14.4. The Morgan fingerprint density at radius 2 is 2.08 bits per heavy atom. The molecule has 0 aliphatic carbocycles. The minimum absolute atomic E-state index is 0.108. The highest BCUT2D eigenvalue weighted by atomic mass is 19.1. The fourth-order valence-electron chi connectivity index (χ4n) is 2.65. The first-order valence-electron chi connectivity index (χ1n) is 8.18. The van der Waals surface area contributed by atoms with Crippen LogP contribution in [0.5, 0.6) is 11.8 Å². The lowest BCUT2D eigenvalue weighted by Gasteiger charge is -2.26. The molecule has 0 bridgehead atoms. The first kappa shape index (κ1) is 19.6. The van der Waals surface area contributed by atoms with Crippen LogP contribution in [0.4, 0.5) is 9.18 Å². The molecule has 0 spiro atoms. The van der Waals surface area contributed by atoms with E-state index in [4.69, 9.17) is 16.2 Å². The molecule has 0 fully saturated rings. The molecule has 2 rings (SSSR count). The maximum absolute atomic E-state index is 14.4. The first-order chi connectivity index (χ1) is 12.2. The van der Waals surface area contributed by atoms with Crippen LogP contribution in [-0.4, -0.2) is 28.2 Å². The van der Waals surface area contributed by atoms with Crippen LogP contribution in [-0.2, 0) is 0 Å². The number of amides is 1. The van der Waals surface area contributed by atoms with E-state index in [1.165, 1.54) is 18.3 Å². The molecule has 1 amide bonds. The van der Waals surface area contributed by atoms with Gasteiger partial charge in [-0.05, 0) is 43.5 Å². The van der Waals surface area contributed by atoms with Gasteiger partial charge in [0, 0.05) is 17.3 Å². The van der Waals surface area contributed by atoms with Crippen molar-refractivity contribution >= 4 is 6.09 Å². The predicted octanol–water partition coefficient (Wildman–Crippen LogP) is 2.88. The van der Waals surface area contributed by atoms with Gasteiger partial charge in [0.25, 0.3) is 0 Å². The summed E-state index contributed by atoms with van der Waals surface area (Å²) in [6.45, 7) is 6.21. The molecule has 7 nitrogen and oxygen atoms in total. The molecule has 1 aromatic carbocycles. The van der Waals surface area contributed by atoms with E-state index in [1.54, 1.807) is 12.1 Å². The smallest absolute Gasteiger partial charge is 0.412 e. The number of rotatable bonds is 7. The van der Waals surface area contributed by atoms with Gasteiger partial charge >= 0.3 is 12.1 Å². The Balaban J connectivity index is 2.13. The average Bonchev–Trinajstić information content (AvgIpc) is 2.52. The second kappa shape index (κ2) is 8.09. The van der Waals surface area contributed by atoms with Gasteiger partial charge in [0.1, 0.15) is 6.61 Å². The van der Waals surface area contributed by atoms with E-state index in [0.717, 1.165) is 6.42 Å². The SMILES string of the molecule is CC(C)CC(C)(N)COc1ccc(-c2ccnc(OC(N)=O)n2)cc1F. The summed E-state index contributed by atoms with van der Waals surface area (Å²) in [5, 5.41) is 0. The van der Waals surface area contributed by atoms with Gasteiger partial charge in [0.2, 0.25) is 0 Å². The zero-order valence-corrected chi connectivity index (χ0v) is 15.0. The Hall–Kier alpha value is -2.74. The Morgan fingerprint density at radius 3 is 2.69 bits per heavy atom. The summed E-state index contributed by atoms with van der Waals surface area (Å²) < 4.78 is 24.5. The molecule has 0 saturated carbocycles. The second-order valence-corrected chi connectivity index (χ2v) is 6.83. The van der Waals surface area contributed by atoms with Gasteiger partial charge in [-0.25, -0.2) is 14.2 Å². The third kappa shape index (κ3) is 5.66. The van der Waals surface area contributed by atoms with Crippen molar-refractivity contribution in [2.45, 2.75) is 32.7 Å². The number of carbonyl (C=O) groups is 1. The largest absolute Gasteiger partial charge is 0.489 e. The summed E-state index contributed by atoms with van der Waals surface area (Å²) in [5.74, 6) is -0.0221. The van der Waals surface area contributed by atoms with E-state index in [2.05, 4.69) is 28.6 Å². The summed E-state index contributed by atoms with van der Waals surface area (Å²) in [6, 6.07) is 5.78. The molecule has 26 heavy (non-hydrogen) atoms. The number of benzene rings is 1. The standard InChI is InChI=1S/C18H23FN4O3/c1-11(2)9-18(3,21)10-25-15-5-4-12(8-13(15)19)14-6-7-22-17(23-14)26-16(20)24/h4-8,11H,9-10,21H2,1-3H3,(H2,20,24). The van der Waals surface area contributed by atoms with Crippen LogP contribution in [0.3, 0.4) is 0 Å². The van der Waals surface area contributed by atoms with Crippen LogP contribution >= 0.6 is 0 Å². The lowest BCUT2D eigenvalue weighted by molar-refractivity contribution is 0.200. The van der Waals surface area contributed by atoms with Crippen molar-refractivity contribution in [1.29, 1.82) is 0 Å². The van der Waals surface area contributed by atoms with Gasteiger partial charge in [0.05, 0.1) is 5.69 Å². The van der Waals surface area contributed by atoms with Crippen molar-refractivity contribution < 1.29 is 18.7 Å². The average molecular weight is 362 g/mol. The Labute approximate surface area is 151 Å². The Morgan fingerprint density at radius 1 is 1.35 bits per heavy atom. The summed E-state index contributed by atoms with van der Waals surface area (Å²) in [7, 11) is 0. The van der Waals surface area contributed by atoms with Gasteiger partial charge in [0.15, 0.2) is 11.6 Å². The second-order valence-electron chi connectivity index (χ2n) is 6.83. The maximum Gasteiger partial charge on any atom is 0.412 e. The quantitative estimate of drug-likeness (QED) is 0.783. The number of carbonyl (C=O) groups excluding carboxylic acids is 1. The van der Waals surface area contributed by atoms with Crippen molar-refractivity contribution in [3.8, 4) is 23.0 Å². The number of ether oxygens (including phenoxy) is 2. The lowest BCUT2D eigenvalue weighted by Crippen LogP contribution is -2.43. The minimum Gasteiger partial charge on any atom is -0.489 e. The molecular weight excluding hydrogens is 339 g/mol. The van der Waals surface area contributed by atoms with Gasteiger partial charge < -0.3 is 20.9 Å². The van der Waals surface area contributed by atoms with E-state index in [-0.39, 0.29) is 18.4 Å². The third-order valence-corrected chi connectivity index (χ3v) is 3.48. The van der Waals surface area contributed by atoms with Gasteiger partial charge in [-0.2, -0.15) is 4.98 Å². The highest BCUT2D eigenvalue weighted by Gasteiger charge is 2.22. The van der Waals surface area contributed by atoms with Crippen LogP contribution in [0.2, 0.25) is 0 Å². The van der Waals surface area contributed by atoms with Crippen LogP contribution in [0.25, 0.3) is 11.3 Å². The highest BCUT2D eigenvalue weighted by Crippen LogP contribution is 2.26. The molecule has 1 unspecified atom stereocenters. The number of nitrogens with two attached hydrogens (primary N) is 2. The number of halogens is 1. The Kier molecular flexibility index (Phi) is 6.10. The third-order valence-electron chi connectivity index (χ3n) is 3.48. The zero-order chi connectivity index (χ0) is 19.3. The Bertz CT molecular complexity index is 781. The molecule has 0 aliphatic heterocycles. The van der Waals surface area contributed by atoms with E-state index in [0.29, 0.717) is 17.2 Å². The van der Waals surface area contributed by atoms with Crippen molar-refractivity contribution in [1.82, 2.24) is 9.97 Å². The van der Waals surface area contributed by atoms with Crippen LogP contribution in [0.1, 0.15) is 27.2 Å². The summed E-state index contributed by atoms with van der Waals surface area (Å²) in [4.78, 5) is 18.5. The van der Waals surface area contributed by atoms with Crippen LogP contribution in [0.15, 0.2) is 30.5 Å². The molecule has 2 aromatic rings. The molecule has 0 aliphatic rings. The normalized spacial score (nSPS) is 13.3. The molecule has 1 heterocycles. The fraction of sp³-hybridized carbons (Fsp3) is 0.389. The number of primary amides is 1. The van der Waals surface area contributed by atoms with Crippen molar-refractivity contribution in [2.75, 3.05) is 6.61 Å². The molecule has 0 radical (unpaired) electrons. The number of hydrogen-bond donors (Lipinski definition) is 2. The molecular formula is C18H23FN4O3. The molecule has 8 heteroatoms. The number of aromatic nitrogens is 2. The van der Waals surface area contributed by atoms with E-state index in [9.17, 15) is 9.18 Å².